The van der Waals surface area contributed by atoms with Crippen LogP contribution in [0.5, 0.6) is 0 Å². The first-order chi connectivity index (χ1) is 10.5. The molecule has 2 aromatic rings. The highest BCUT2D eigenvalue weighted by molar-refractivity contribution is 5.85. The third kappa shape index (κ3) is 2.89. The second-order valence-corrected chi connectivity index (χ2v) is 6.38. The van der Waals surface area contributed by atoms with E-state index in [9.17, 15) is 4.39 Å². The fourth-order valence-corrected chi connectivity index (χ4v) is 2.63. The minimum Gasteiger partial charge on any atom is -0.478 e. The van der Waals surface area contributed by atoms with Crippen LogP contribution in [0.15, 0.2) is 53.5 Å². The Balaban J connectivity index is 1.90. The Bertz CT molecular complexity index is 707. The molecule has 3 heteroatoms. The lowest BCUT2D eigenvalue weighted by atomic mass is 9.96. The second kappa shape index (κ2) is 5.56. The van der Waals surface area contributed by atoms with Gasteiger partial charge < -0.3 is 4.74 Å². The molecule has 0 spiro atoms. The van der Waals surface area contributed by atoms with Crippen molar-refractivity contribution in [1.82, 2.24) is 0 Å². The fourth-order valence-electron chi connectivity index (χ4n) is 2.63. The van der Waals surface area contributed by atoms with Crippen LogP contribution < -0.4 is 0 Å². The van der Waals surface area contributed by atoms with Gasteiger partial charge in [0.05, 0.1) is 11.5 Å². The lowest BCUT2D eigenvalue weighted by Gasteiger charge is -2.13. The maximum Gasteiger partial charge on any atom is 0.191 e. The van der Waals surface area contributed by atoms with Crippen molar-refractivity contribution in [3.05, 3.63) is 59.9 Å². The molecule has 1 atom stereocenters. The Kier molecular flexibility index (Phi) is 3.73. The van der Waals surface area contributed by atoms with Crippen LogP contribution in [0, 0.1) is 5.82 Å². The van der Waals surface area contributed by atoms with E-state index >= 15 is 0 Å². The van der Waals surface area contributed by atoms with Gasteiger partial charge in [0.2, 0.25) is 0 Å². The molecule has 0 amide bonds. The summed E-state index contributed by atoms with van der Waals surface area (Å²) in [5, 5.41) is 0. The number of hydrogen-bond acceptors (Lipinski definition) is 2. The van der Waals surface area contributed by atoms with E-state index in [1.54, 1.807) is 6.07 Å². The first kappa shape index (κ1) is 14.8. The normalized spacial score (nSPS) is 17.7. The summed E-state index contributed by atoms with van der Waals surface area (Å²) in [5.41, 5.74) is 2.20. The molecular formula is C19H20FNO. The predicted molar refractivity (Wildman–Crippen MR) is 87.7 cm³/mol. The number of halogens is 1. The summed E-state index contributed by atoms with van der Waals surface area (Å²) >= 11 is 0. The van der Waals surface area contributed by atoms with E-state index in [2.05, 4.69) is 4.99 Å². The average Bonchev–Trinajstić information content (AvgIpc) is 2.87. The van der Waals surface area contributed by atoms with Gasteiger partial charge in [0.25, 0.3) is 0 Å². The van der Waals surface area contributed by atoms with Crippen LogP contribution in [0.3, 0.4) is 0 Å². The fraction of sp³-hybridized carbons (Fsp3) is 0.316. The van der Waals surface area contributed by atoms with E-state index < -0.39 is 0 Å². The zero-order valence-electron chi connectivity index (χ0n) is 13.1. The molecule has 0 saturated heterocycles. The third-order valence-electron chi connectivity index (χ3n) is 3.93. The molecule has 114 valence electrons. The quantitative estimate of drug-likeness (QED) is 0.797. The largest absolute Gasteiger partial charge is 0.478 e. The first-order valence-electron chi connectivity index (χ1n) is 7.54. The minimum absolute atomic E-state index is 0.0406. The van der Waals surface area contributed by atoms with Crippen LogP contribution in [-0.4, -0.2) is 18.0 Å². The Labute approximate surface area is 130 Å². The van der Waals surface area contributed by atoms with Crippen LogP contribution in [0.25, 0.3) is 11.1 Å². The van der Waals surface area contributed by atoms with Gasteiger partial charge in [-0.3, -0.25) is 0 Å². The van der Waals surface area contributed by atoms with Crippen molar-refractivity contribution in [2.24, 2.45) is 4.99 Å². The van der Waals surface area contributed by atoms with Crippen molar-refractivity contribution in [1.29, 1.82) is 0 Å². The van der Waals surface area contributed by atoms with Crippen LogP contribution in [-0.2, 0) is 4.74 Å². The number of hydrogen-bond donors (Lipinski definition) is 0. The van der Waals surface area contributed by atoms with Crippen LogP contribution in [0.1, 0.15) is 32.3 Å². The number of benzene rings is 2. The molecule has 1 aliphatic rings. The van der Waals surface area contributed by atoms with E-state index in [1.165, 1.54) is 0 Å². The highest BCUT2D eigenvalue weighted by Crippen LogP contribution is 2.29. The van der Waals surface area contributed by atoms with Crippen molar-refractivity contribution >= 4 is 5.90 Å². The molecule has 3 rings (SSSR count). The molecule has 1 unspecified atom stereocenters. The first-order valence-corrected chi connectivity index (χ1v) is 7.54. The Morgan fingerprint density at radius 2 is 1.86 bits per heavy atom. The number of rotatable bonds is 3. The summed E-state index contributed by atoms with van der Waals surface area (Å²) in [6, 6.07) is 14.9. The summed E-state index contributed by atoms with van der Waals surface area (Å²) in [7, 11) is 0. The third-order valence-corrected chi connectivity index (χ3v) is 3.93. The molecular weight excluding hydrogens is 277 g/mol. The van der Waals surface area contributed by atoms with Gasteiger partial charge in [0, 0.05) is 5.56 Å². The predicted octanol–water partition coefficient (Wildman–Crippen LogP) is 4.80. The molecule has 0 bridgehead atoms. The van der Waals surface area contributed by atoms with E-state index in [4.69, 9.17) is 4.74 Å². The monoisotopic (exact) mass is 297 g/mol. The van der Waals surface area contributed by atoms with Crippen molar-refractivity contribution in [2.75, 3.05) is 6.61 Å². The molecule has 22 heavy (non-hydrogen) atoms. The standard InChI is InChI=1S/C19H20FNO/c1-13(18-21-19(2,3)12-22-18)15-9-10-16(17(20)11-15)14-7-5-4-6-8-14/h4-11,13H,12H2,1-3H3. The molecule has 2 aromatic carbocycles. The molecule has 1 aliphatic heterocycles. The van der Waals surface area contributed by atoms with Gasteiger partial charge in [-0.25, -0.2) is 9.38 Å². The van der Waals surface area contributed by atoms with Gasteiger partial charge in [-0.05, 0) is 38.0 Å². The number of aliphatic imine (C=N–C) groups is 1. The Hall–Kier alpha value is -2.16. The zero-order chi connectivity index (χ0) is 15.7. The summed E-state index contributed by atoms with van der Waals surface area (Å²) in [6.07, 6.45) is 0. The van der Waals surface area contributed by atoms with E-state index in [0.29, 0.717) is 18.1 Å². The SMILES string of the molecule is CC(C1=NC(C)(C)CO1)c1ccc(-c2ccccc2)c(F)c1. The van der Waals surface area contributed by atoms with Gasteiger partial charge in [-0.15, -0.1) is 0 Å². The molecule has 0 radical (unpaired) electrons. The van der Waals surface area contributed by atoms with Gasteiger partial charge >= 0.3 is 0 Å². The topological polar surface area (TPSA) is 21.6 Å². The summed E-state index contributed by atoms with van der Waals surface area (Å²) < 4.78 is 20.1. The van der Waals surface area contributed by atoms with E-state index in [-0.39, 0.29) is 17.3 Å². The Morgan fingerprint density at radius 1 is 1.14 bits per heavy atom. The molecule has 2 nitrogen and oxygen atoms in total. The summed E-state index contributed by atoms with van der Waals surface area (Å²) in [5.74, 6) is 0.436. The second-order valence-electron chi connectivity index (χ2n) is 6.38. The molecule has 1 heterocycles. The van der Waals surface area contributed by atoms with Crippen LogP contribution >= 0.6 is 0 Å². The highest BCUT2D eigenvalue weighted by Gasteiger charge is 2.29. The molecule has 0 N–H and O–H groups in total. The van der Waals surface area contributed by atoms with E-state index in [1.807, 2.05) is 63.2 Å². The molecule has 0 fully saturated rings. The van der Waals surface area contributed by atoms with Crippen molar-refractivity contribution in [3.63, 3.8) is 0 Å². The van der Waals surface area contributed by atoms with Crippen molar-refractivity contribution in [2.45, 2.75) is 32.2 Å². The van der Waals surface area contributed by atoms with E-state index in [0.717, 1.165) is 11.1 Å². The maximum atomic E-state index is 14.5. The minimum atomic E-state index is -0.214. The smallest absolute Gasteiger partial charge is 0.191 e. The highest BCUT2D eigenvalue weighted by atomic mass is 19.1. The zero-order valence-corrected chi connectivity index (χ0v) is 13.1. The average molecular weight is 297 g/mol. The van der Waals surface area contributed by atoms with Gasteiger partial charge in [0.15, 0.2) is 5.90 Å². The summed E-state index contributed by atoms with van der Waals surface area (Å²) in [4.78, 5) is 4.58. The number of ether oxygens (including phenoxy) is 1. The molecule has 0 aromatic heterocycles. The number of nitrogens with zero attached hydrogens (tertiary/aromatic N) is 1. The van der Waals surface area contributed by atoms with Crippen LogP contribution in [0.4, 0.5) is 4.39 Å². The lowest BCUT2D eigenvalue weighted by Crippen LogP contribution is -2.17. The Morgan fingerprint density at radius 3 is 2.45 bits per heavy atom. The summed E-state index contributed by atoms with van der Waals surface area (Å²) in [6.45, 7) is 6.64. The van der Waals surface area contributed by atoms with Crippen molar-refractivity contribution in [3.8, 4) is 11.1 Å². The van der Waals surface area contributed by atoms with Crippen LogP contribution in [0.2, 0.25) is 0 Å². The maximum absolute atomic E-state index is 14.5. The molecule has 0 aliphatic carbocycles. The lowest BCUT2D eigenvalue weighted by molar-refractivity contribution is 0.272. The van der Waals surface area contributed by atoms with Crippen molar-refractivity contribution < 1.29 is 9.13 Å². The van der Waals surface area contributed by atoms with Gasteiger partial charge in [-0.1, -0.05) is 42.5 Å². The van der Waals surface area contributed by atoms with Gasteiger partial charge in [-0.2, -0.15) is 0 Å². The van der Waals surface area contributed by atoms with Gasteiger partial charge in [0.1, 0.15) is 12.4 Å². The molecule has 0 saturated carbocycles.